The van der Waals surface area contributed by atoms with Gasteiger partial charge in [-0.3, -0.25) is 0 Å². The van der Waals surface area contributed by atoms with Crippen LogP contribution in [0.4, 0.5) is 0 Å². The lowest BCUT2D eigenvalue weighted by molar-refractivity contribution is 0.402. The highest BCUT2D eigenvalue weighted by Gasteiger charge is 2.16. The number of thiocarbonyl (C=S) groups is 1. The Morgan fingerprint density at radius 3 is 2.25 bits per heavy atom. The van der Waals surface area contributed by atoms with Crippen molar-refractivity contribution >= 4 is 44.9 Å². The predicted molar refractivity (Wildman–Crippen MR) is 99.1 cm³/mol. The Balaban J connectivity index is 2.48. The summed E-state index contributed by atoms with van der Waals surface area (Å²) in [4.78, 5) is 0.0877. The molecule has 0 aliphatic rings. The van der Waals surface area contributed by atoms with E-state index >= 15 is 0 Å². The first kappa shape index (κ1) is 18.4. The van der Waals surface area contributed by atoms with Crippen LogP contribution in [0, 0.1) is 6.92 Å². The molecule has 2 rings (SSSR count). The molecule has 0 heterocycles. The van der Waals surface area contributed by atoms with E-state index in [4.69, 9.17) is 28.6 Å². The van der Waals surface area contributed by atoms with E-state index in [9.17, 15) is 8.42 Å². The number of halogens is 1. The molecule has 2 aromatic rings. The molecule has 0 saturated carbocycles. The predicted octanol–water partition coefficient (Wildman–Crippen LogP) is 3.30. The Morgan fingerprint density at radius 1 is 1.12 bits per heavy atom. The van der Waals surface area contributed by atoms with E-state index < -0.39 is 10.0 Å². The van der Waals surface area contributed by atoms with Crippen molar-refractivity contribution in [3.63, 3.8) is 0 Å². The van der Waals surface area contributed by atoms with Crippen LogP contribution in [0.25, 0.3) is 0 Å². The fourth-order valence-corrected chi connectivity index (χ4v) is 2.99. The minimum Gasteiger partial charge on any atom is -0.474 e. The van der Waals surface area contributed by atoms with E-state index in [1.54, 1.807) is 36.4 Å². The number of ether oxygens (including phenoxy) is 1. The molecule has 0 unspecified atom stereocenters. The average molecular weight is 383 g/mol. The summed E-state index contributed by atoms with van der Waals surface area (Å²) in [6, 6.07) is 12.9. The molecule has 24 heavy (non-hydrogen) atoms. The molecular formula is C16H15ClN2O3S2. The number of nitrogens with one attached hydrogen (secondary N) is 1. The van der Waals surface area contributed by atoms with E-state index in [-0.39, 0.29) is 15.9 Å². The van der Waals surface area contributed by atoms with E-state index in [2.05, 4.69) is 9.71 Å². The monoisotopic (exact) mass is 382 g/mol. The van der Waals surface area contributed by atoms with Crippen molar-refractivity contribution < 1.29 is 13.2 Å². The number of sulfonamides is 1. The van der Waals surface area contributed by atoms with Gasteiger partial charge in [0.2, 0.25) is 0 Å². The summed E-state index contributed by atoms with van der Waals surface area (Å²) in [5, 5.41) is 3.20. The number of amidine groups is 1. The second-order valence-electron chi connectivity index (χ2n) is 4.85. The highest BCUT2D eigenvalue weighted by molar-refractivity contribution is 7.90. The molecule has 0 aliphatic heterocycles. The van der Waals surface area contributed by atoms with Crippen LogP contribution < -0.4 is 5.32 Å². The Hall–Kier alpha value is -1.96. The van der Waals surface area contributed by atoms with Gasteiger partial charge in [-0.25, -0.2) is 0 Å². The second kappa shape index (κ2) is 7.74. The molecule has 0 aliphatic carbocycles. The number of hydrogen-bond donors (Lipinski definition) is 1. The topological polar surface area (TPSA) is 67.8 Å². The molecule has 0 atom stereocenters. The quantitative estimate of drug-likeness (QED) is 0.501. The van der Waals surface area contributed by atoms with Gasteiger partial charge in [0.25, 0.3) is 15.2 Å². The van der Waals surface area contributed by atoms with Crippen molar-refractivity contribution in [2.75, 3.05) is 7.11 Å². The van der Waals surface area contributed by atoms with Crippen molar-refractivity contribution in [3.8, 4) is 0 Å². The Labute approximate surface area is 151 Å². The maximum absolute atomic E-state index is 12.5. The lowest BCUT2D eigenvalue weighted by Crippen LogP contribution is -2.31. The van der Waals surface area contributed by atoms with Crippen LogP contribution in [0.1, 0.15) is 11.1 Å². The van der Waals surface area contributed by atoms with Gasteiger partial charge in [0, 0.05) is 10.6 Å². The van der Waals surface area contributed by atoms with Gasteiger partial charge >= 0.3 is 0 Å². The Bertz CT molecular complexity index is 861. The van der Waals surface area contributed by atoms with Gasteiger partial charge < -0.3 is 10.1 Å². The Kier molecular flexibility index (Phi) is 5.93. The normalized spacial score (nSPS) is 11.9. The molecule has 0 aromatic heterocycles. The van der Waals surface area contributed by atoms with Crippen molar-refractivity contribution in [1.82, 2.24) is 5.32 Å². The first-order chi connectivity index (χ1) is 11.3. The minimum atomic E-state index is -3.91. The number of hydrogen-bond acceptors (Lipinski definition) is 4. The van der Waals surface area contributed by atoms with Crippen molar-refractivity contribution in [1.29, 1.82) is 0 Å². The summed E-state index contributed by atoms with van der Waals surface area (Å²) >= 11 is 10.8. The molecular weight excluding hydrogens is 368 g/mol. The lowest BCUT2D eigenvalue weighted by Gasteiger charge is -2.10. The summed E-state index contributed by atoms with van der Waals surface area (Å²) < 4.78 is 33.8. The molecule has 0 fully saturated rings. The minimum absolute atomic E-state index is 0.00260. The fraction of sp³-hybridized carbons (Fsp3) is 0.125. The van der Waals surface area contributed by atoms with E-state index in [1.807, 2.05) is 6.92 Å². The van der Waals surface area contributed by atoms with Crippen LogP contribution in [0.3, 0.4) is 0 Å². The van der Waals surface area contributed by atoms with Crippen LogP contribution in [0.5, 0.6) is 0 Å². The molecule has 0 amide bonds. The van der Waals surface area contributed by atoms with Crippen molar-refractivity contribution in [3.05, 3.63) is 64.7 Å². The highest BCUT2D eigenvalue weighted by atomic mass is 35.5. The second-order valence-corrected chi connectivity index (χ2v) is 7.26. The zero-order chi connectivity index (χ0) is 17.7. The Morgan fingerprint density at radius 2 is 1.71 bits per heavy atom. The summed E-state index contributed by atoms with van der Waals surface area (Å²) in [7, 11) is -2.53. The number of benzene rings is 2. The van der Waals surface area contributed by atoms with Crippen LogP contribution in [0.2, 0.25) is 5.02 Å². The van der Waals surface area contributed by atoms with Gasteiger partial charge in [0.1, 0.15) is 0 Å². The van der Waals surface area contributed by atoms with Crippen LogP contribution in [0.15, 0.2) is 57.8 Å². The number of nitrogens with zero attached hydrogens (tertiary/aromatic N) is 1. The van der Waals surface area contributed by atoms with Crippen LogP contribution >= 0.6 is 23.8 Å². The van der Waals surface area contributed by atoms with Gasteiger partial charge in [-0.1, -0.05) is 29.3 Å². The third-order valence-corrected chi connectivity index (χ3v) is 4.87. The third kappa shape index (κ3) is 4.77. The third-order valence-electron chi connectivity index (χ3n) is 3.05. The maximum atomic E-state index is 12.5. The molecule has 0 saturated heterocycles. The van der Waals surface area contributed by atoms with Crippen LogP contribution in [-0.2, 0) is 14.8 Å². The smallest absolute Gasteiger partial charge is 0.284 e. The molecule has 0 bridgehead atoms. The summed E-state index contributed by atoms with van der Waals surface area (Å²) in [6.45, 7) is 1.87. The van der Waals surface area contributed by atoms with E-state index in [0.29, 0.717) is 10.6 Å². The fourth-order valence-electron chi connectivity index (χ4n) is 1.79. The van der Waals surface area contributed by atoms with E-state index in [1.165, 1.54) is 19.2 Å². The van der Waals surface area contributed by atoms with Gasteiger partial charge in [0.05, 0.1) is 12.0 Å². The largest absolute Gasteiger partial charge is 0.474 e. The summed E-state index contributed by atoms with van der Waals surface area (Å²) in [6.07, 6.45) is 0. The standard InChI is InChI=1S/C16H15ClN2O3S2/c1-11-3-9-14(10-4-11)24(20,21)19-15(18-16(23)22-2)12-5-7-13(17)8-6-12/h3-10H,1-2H3,(H,18,19,23). The van der Waals surface area contributed by atoms with Gasteiger partial charge in [-0.2, -0.15) is 8.42 Å². The van der Waals surface area contributed by atoms with Crippen molar-refractivity contribution in [2.24, 2.45) is 4.40 Å². The number of methoxy groups -OCH3 is 1. The molecule has 0 radical (unpaired) electrons. The SMILES string of the molecule is COC(=S)NC(=NS(=O)(=O)c1ccc(C)cc1)c1ccc(Cl)cc1. The number of rotatable bonds is 3. The molecule has 0 spiro atoms. The van der Waals surface area contributed by atoms with Gasteiger partial charge in [-0.15, -0.1) is 4.40 Å². The van der Waals surface area contributed by atoms with Gasteiger partial charge in [0.15, 0.2) is 5.84 Å². The molecule has 126 valence electrons. The number of aryl methyl sites for hydroxylation is 1. The summed E-state index contributed by atoms with van der Waals surface area (Å²) in [5.41, 5.74) is 1.46. The average Bonchev–Trinajstić information content (AvgIpc) is 2.55. The first-order valence-corrected chi connectivity index (χ1v) is 9.07. The molecule has 2 aromatic carbocycles. The van der Waals surface area contributed by atoms with Gasteiger partial charge in [-0.05, 0) is 55.5 Å². The van der Waals surface area contributed by atoms with Crippen molar-refractivity contribution in [2.45, 2.75) is 11.8 Å². The zero-order valence-corrected chi connectivity index (χ0v) is 15.4. The summed E-state index contributed by atoms with van der Waals surface area (Å²) in [5.74, 6) is 0.0547. The molecule has 8 heteroatoms. The molecule has 5 nitrogen and oxygen atoms in total. The zero-order valence-electron chi connectivity index (χ0n) is 13.0. The lowest BCUT2D eigenvalue weighted by atomic mass is 10.2. The molecule has 1 N–H and O–H groups in total. The van der Waals surface area contributed by atoms with E-state index in [0.717, 1.165) is 5.56 Å². The maximum Gasteiger partial charge on any atom is 0.284 e. The highest BCUT2D eigenvalue weighted by Crippen LogP contribution is 2.16. The van der Waals surface area contributed by atoms with Crippen LogP contribution in [-0.4, -0.2) is 26.5 Å². The first-order valence-electron chi connectivity index (χ1n) is 6.84.